The van der Waals surface area contributed by atoms with Gasteiger partial charge < -0.3 is 15.2 Å². The first-order chi connectivity index (χ1) is 16.6. The van der Waals surface area contributed by atoms with Crippen LogP contribution in [0.4, 0.5) is 0 Å². The van der Waals surface area contributed by atoms with Crippen LogP contribution in [0.5, 0.6) is 0 Å². The van der Waals surface area contributed by atoms with Crippen LogP contribution in [0, 0.1) is 0 Å². The molecule has 0 saturated carbocycles. The smallest absolute Gasteiger partial charge is 0.267 e. The summed E-state index contributed by atoms with van der Waals surface area (Å²) in [5.41, 5.74) is 3.29. The Kier molecular flexibility index (Phi) is 9.32. The fraction of sp³-hybridized carbons (Fsp3) is 0.407. The van der Waals surface area contributed by atoms with Gasteiger partial charge in [0.1, 0.15) is 5.69 Å². The van der Waals surface area contributed by atoms with Gasteiger partial charge in [-0.05, 0) is 82.6 Å². The molecule has 0 unspecified atom stereocenters. The highest BCUT2D eigenvalue weighted by Crippen LogP contribution is 2.20. The molecular weight excluding hydrogens is 464 g/mol. The molecule has 0 aliphatic carbocycles. The van der Waals surface area contributed by atoms with Crippen LogP contribution in [-0.4, -0.2) is 59.5 Å². The minimum atomic E-state index is -0.416. The fourth-order valence-electron chi connectivity index (χ4n) is 3.78. The van der Waals surface area contributed by atoms with E-state index < -0.39 is 5.60 Å². The van der Waals surface area contributed by atoms with Gasteiger partial charge in [0.25, 0.3) is 5.91 Å². The maximum absolute atomic E-state index is 12.4. The van der Waals surface area contributed by atoms with Crippen molar-refractivity contribution in [1.82, 2.24) is 20.3 Å². The fourth-order valence-corrected chi connectivity index (χ4v) is 3.96. The van der Waals surface area contributed by atoms with Gasteiger partial charge in [-0.2, -0.15) is 0 Å². The van der Waals surface area contributed by atoms with Gasteiger partial charge in [0, 0.05) is 29.0 Å². The number of carbonyl (C=O) groups is 2. The largest absolute Gasteiger partial charge is 0.351 e. The lowest BCUT2D eigenvalue weighted by Crippen LogP contribution is -2.33. The van der Waals surface area contributed by atoms with Crippen LogP contribution in [0.1, 0.15) is 48.8 Å². The molecule has 2 aromatic carbocycles. The molecule has 0 saturated heterocycles. The van der Waals surface area contributed by atoms with Crippen LogP contribution in [0.25, 0.3) is 10.9 Å². The van der Waals surface area contributed by atoms with Crippen molar-refractivity contribution in [3.8, 4) is 0 Å². The third-order valence-electron chi connectivity index (χ3n) is 5.48. The summed E-state index contributed by atoms with van der Waals surface area (Å²) >= 11 is 6.02. The number of rotatable bonds is 12. The quantitative estimate of drug-likeness (QED) is 0.277. The molecule has 0 radical (unpaired) electrons. The van der Waals surface area contributed by atoms with Crippen LogP contribution in [0.3, 0.4) is 0 Å². The summed E-state index contributed by atoms with van der Waals surface area (Å²) in [5.74, 6) is -0.119. The van der Waals surface area contributed by atoms with Crippen molar-refractivity contribution in [2.75, 3.05) is 26.7 Å². The first kappa shape index (κ1) is 26.7. The Morgan fingerprint density at radius 1 is 1.09 bits per heavy atom. The molecule has 8 heteroatoms. The van der Waals surface area contributed by atoms with E-state index in [1.54, 1.807) is 6.07 Å². The Labute approximate surface area is 212 Å². The number of aromatic amines is 1. The van der Waals surface area contributed by atoms with Crippen molar-refractivity contribution in [3.05, 3.63) is 70.4 Å². The second-order valence-electron chi connectivity index (χ2n) is 9.78. The van der Waals surface area contributed by atoms with Gasteiger partial charge in [0.05, 0.1) is 12.1 Å². The Balaban J connectivity index is 1.35. The highest BCUT2D eigenvalue weighted by atomic mass is 35.5. The highest BCUT2D eigenvalue weighted by molar-refractivity contribution is 6.31. The van der Waals surface area contributed by atoms with E-state index >= 15 is 0 Å². The van der Waals surface area contributed by atoms with Gasteiger partial charge in [0.2, 0.25) is 6.41 Å². The van der Waals surface area contributed by atoms with Gasteiger partial charge >= 0.3 is 0 Å². The second kappa shape index (κ2) is 12.2. The van der Waals surface area contributed by atoms with Crippen LogP contribution in [0.2, 0.25) is 5.02 Å². The molecule has 3 rings (SSSR count). The SMILES string of the molecule is CN(CCCc1ccc(CN(C=O)OC(C)(C)C)cc1)CCNC(=O)c1cc2cc(Cl)ccc2[nH]1. The minimum Gasteiger partial charge on any atom is -0.351 e. The Hall–Kier alpha value is -2.87. The number of nitrogens with one attached hydrogen (secondary N) is 2. The number of aryl methyl sites for hydroxylation is 1. The molecule has 35 heavy (non-hydrogen) atoms. The average molecular weight is 499 g/mol. The summed E-state index contributed by atoms with van der Waals surface area (Å²) in [4.78, 5) is 34.7. The van der Waals surface area contributed by atoms with E-state index in [4.69, 9.17) is 16.4 Å². The third kappa shape index (κ3) is 8.69. The first-order valence-electron chi connectivity index (χ1n) is 11.9. The monoisotopic (exact) mass is 498 g/mol. The van der Waals surface area contributed by atoms with Crippen molar-refractivity contribution in [1.29, 1.82) is 0 Å². The van der Waals surface area contributed by atoms with Crippen LogP contribution in [-0.2, 0) is 22.6 Å². The maximum Gasteiger partial charge on any atom is 0.267 e. The first-order valence-corrected chi connectivity index (χ1v) is 12.2. The number of carbonyl (C=O) groups excluding carboxylic acids is 2. The molecule has 1 aromatic heterocycles. The predicted octanol–water partition coefficient (Wildman–Crippen LogP) is 4.80. The molecule has 3 aromatic rings. The van der Waals surface area contributed by atoms with E-state index in [1.165, 1.54) is 10.6 Å². The summed E-state index contributed by atoms with van der Waals surface area (Å²) in [7, 11) is 2.06. The molecule has 7 nitrogen and oxygen atoms in total. The number of nitrogens with zero attached hydrogens (tertiary/aromatic N) is 2. The summed E-state index contributed by atoms with van der Waals surface area (Å²) in [6.07, 6.45) is 2.69. The van der Waals surface area contributed by atoms with Gasteiger partial charge in [-0.25, -0.2) is 5.06 Å². The average Bonchev–Trinajstić information content (AvgIpc) is 3.22. The van der Waals surface area contributed by atoms with Crippen molar-refractivity contribution < 1.29 is 14.4 Å². The third-order valence-corrected chi connectivity index (χ3v) is 5.72. The maximum atomic E-state index is 12.4. The predicted molar refractivity (Wildman–Crippen MR) is 140 cm³/mol. The van der Waals surface area contributed by atoms with Crippen LogP contribution >= 0.6 is 11.6 Å². The number of halogens is 1. The molecule has 2 amide bonds. The number of hydrogen-bond acceptors (Lipinski definition) is 4. The van der Waals surface area contributed by atoms with Crippen molar-refractivity contribution in [2.24, 2.45) is 0 Å². The lowest BCUT2D eigenvalue weighted by Gasteiger charge is -2.26. The molecule has 0 bridgehead atoms. The number of aromatic nitrogens is 1. The van der Waals surface area contributed by atoms with Gasteiger partial charge in [0.15, 0.2) is 0 Å². The minimum absolute atomic E-state index is 0.119. The number of benzene rings is 2. The molecule has 1 heterocycles. The van der Waals surface area contributed by atoms with Crippen LogP contribution < -0.4 is 5.32 Å². The summed E-state index contributed by atoms with van der Waals surface area (Å²) in [6, 6.07) is 15.6. The lowest BCUT2D eigenvalue weighted by atomic mass is 10.1. The standard InChI is InChI=1S/C27H35ClN4O3/c1-27(2,3)35-32(19-33)18-21-9-7-20(8-10-21)6-5-14-31(4)15-13-29-26(34)25-17-22-16-23(28)11-12-24(22)30-25/h7-12,16-17,19,30H,5-6,13-15,18H2,1-4H3,(H,29,34). The number of amides is 2. The van der Waals surface area contributed by atoms with Gasteiger partial charge in [-0.3, -0.25) is 14.4 Å². The number of hydrogen-bond donors (Lipinski definition) is 2. The molecule has 2 N–H and O–H groups in total. The Morgan fingerprint density at radius 3 is 2.49 bits per heavy atom. The number of likely N-dealkylation sites (N-methyl/N-ethyl adjacent to an activating group) is 1. The highest BCUT2D eigenvalue weighted by Gasteiger charge is 2.16. The van der Waals surface area contributed by atoms with E-state index in [-0.39, 0.29) is 5.91 Å². The zero-order chi connectivity index (χ0) is 25.4. The molecule has 0 fully saturated rings. The Bertz CT molecular complexity index is 1120. The van der Waals surface area contributed by atoms with E-state index in [2.05, 4.69) is 34.4 Å². The van der Waals surface area contributed by atoms with Gasteiger partial charge in [-0.15, -0.1) is 0 Å². The molecule has 0 aliphatic heterocycles. The van der Waals surface area contributed by atoms with E-state index in [0.29, 0.717) is 30.2 Å². The summed E-state index contributed by atoms with van der Waals surface area (Å²) in [6.45, 7) is 8.44. The van der Waals surface area contributed by atoms with E-state index in [9.17, 15) is 9.59 Å². The zero-order valence-corrected chi connectivity index (χ0v) is 21.7. The molecule has 188 valence electrons. The van der Waals surface area contributed by atoms with Crippen molar-refractivity contribution in [2.45, 2.75) is 45.8 Å². The number of fused-ring (bicyclic) bond motifs is 1. The summed E-state index contributed by atoms with van der Waals surface area (Å²) in [5, 5.41) is 5.87. The van der Waals surface area contributed by atoms with E-state index in [0.717, 1.165) is 42.4 Å². The number of hydroxylamine groups is 2. The lowest BCUT2D eigenvalue weighted by molar-refractivity contribution is -0.220. The van der Waals surface area contributed by atoms with Crippen molar-refractivity contribution in [3.63, 3.8) is 0 Å². The Morgan fingerprint density at radius 2 is 1.80 bits per heavy atom. The molecule has 0 spiro atoms. The molecular formula is C27H35ClN4O3. The van der Waals surface area contributed by atoms with Crippen molar-refractivity contribution >= 4 is 34.8 Å². The topological polar surface area (TPSA) is 77.7 Å². The van der Waals surface area contributed by atoms with Gasteiger partial charge in [-0.1, -0.05) is 35.9 Å². The zero-order valence-electron chi connectivity index (χ0n) is 20.9. The summed E-state index contributed by atoms with van der Waals surface area (Å²) < 4.78 is 0. The second-order valence-corrected chi connectivity index (χ2v) is 10.2. The van der Waals surface area contributed by atoms with E-state index in [1.807, 2.05) is 51.1 Å². The molecule has 0 aliphatic rings. The molecule has 0 atom stereocenters. The number of H-pyrrole nitrogens is 1. The normalized spacial score (nSPS) is 11.7. The van der Waals surface area contributed by atoms with Crippen LogP contribution in [0.15, 0.2) is 48.5 Å².